The van der Waals surface area contributed by atoms with Gasteiger partial charge < -0.3 is 14.2 Å². The van der Waals surface area contributed by atoms with Crippen LogP contribution in [0.3, 0.4) is 0 Å². The summed E-state index contributed by atoms with van der Waals surface area (Å²) in [5, 5.41) is 0. The molecule has 0 aliphatic heterocycles. The number of hydrogen-bond donors (Lipinski definition) is 0. The molecule has 0 aliphatic rings. The highest BCUT2D eigenvalue weighted by Gasteiger charge is 2.19. The molecule has 0 saturated heterocycles. The SMILES string of the molecule is CC/C=C\C/C=C\C/C=C\C/C=C\C/C=C\CCCC(=O)OCC(COC(=O)CCCCCCCCCCCCCC/C=C\C/C=C\C/C=C\CCCCCCC)OC(=O)CCCCCCCCCCCCCCCCCCCCC. The Morgan fingerprint density at radius 1 is 0.259 bits per heavy atom. The van der Waals surface area contributed by atoms with Gasteiger partial charge >= 0.3 is 17.9 Å². The van der Waals surface area contributed by atoms with Gasteiger partial charge in [-0.2, -0.15) is 0 Å². The van der Waals surface area contributed by atoms with Crippen molar-refractivity contribution in [3.05, 3.63) is 97.2 Å². The van der Waals surface area contributed by atoms with Gasteiger partial charge in [-0.15, -0.1) is 0 Å². The van der Waals surface area contributed by atoms with E-state index in [9.17, 15) is 14.4 Å². The van der Waals surface area contributed by atoms with E-state index in [2.05, 4.69) is 118 Å². The second-order valence-corrected chi connectivity index (χ2v) is 23.1. The number of rotatable bonds is 63. The van der Waals surface area contributed by atoms with Gasteiger partial charge in [-0.05, 0) is 96.3 Å². The van der Waals surface area contributed by atoms with E-state index in [1.165, 1.54) is 205 Å². The molecule has 0 spiro atoms. The Morgan fingerprint density at radius 2 is 0.494 bits per heavy atom. The van der Waals surface area contributed by atoms with E-state index in [0.29, 0.717) is 19.3 Å². The molecule has 0 heterocycles. The fourth-order valence-electron chi connectivity index (χ4n) is 9.90. The lowest BCUT2D eigenvalue weighted by Gasteiger charge is -2.18. The minimum atomic E-state index is -0.802. The van der Waals surface area contributed by atoms with Crippen LogP contribution in [0.5, 0.6) is 0 Å². The molecule has 0 aliphatic carbocycles. The maximum absolute atomic E-state index is 12.9. The molecular formula is C75H130O6. The van der Waals surface area contributed by atoms with Crippen molar-refractivity contribution in [2.45, 2.75) is 348 Å². The predicted molar refractivity (Wildman–Crippen MR) is 353 cm³/mol. The molecular weight excluding hydrogens is 997 g/mol. The average molecular weight is 1130 g/mol. The molecule has 0 radical (unpaired) electrons. The third-order valence-corrected chi connectivity index (χ3v) is 15.1. The van der Waals surface area contributed by atoms with E-state index in [-0.39, 0.29) is 37.5 Å². The summed E-state index contributed by atoms with van der Waals surface area (Å²) in [6, 6.07) is 0. The highest BCUT2D eigenvalue weighted by molar-refractivity contribution is 5.71. The minimum Gasteiger partial charge on any atom is -0.462 e. The summed E-state index contributed by atoms with van der Waals surface area (Å²) < 4.78 is 16.9. The lowest BCUT2D eigenvalue weighted by atomic mass is 10.0. The third-order valence-electron chi connectivity index (χ3n) is 15.1. The normalized spacial score (nSPS) is 12.7. The maximum Gasteiger partial charge on any atom is 0.306 e. The summed E-state index contributed by atoms with van der Waals surface area (Å²) >= 11 is 0. The molecule has 1 unspecified atom stereocenters. The summed E-state index contributed by atoms with van der Waals surface area (Å²) in [6.45, 7) is 6.51. The van der Waals surface area contributed by atoms with Crippen molar-refractivity contribution < 1.29 is 28.6 Å². The quantitative estimate of drug-likeness (QED) is 0.0261. The van der Waals surface area contributed by atoms with Crippen LogP contribution >= 0.6 is 0 Å². The van der Waals surface area contributed by atoms with Gasteiger partial charge in [0.25, 0.3) is 0 Å². The Kier molecular flexibility index (Phi) is 65.7. The van der Waals surface area contributed by atoms with Crippen LogP contribution in [0.25, 0.3) is 0 Å². The van der Waals surface area contributed by atoms with Gasteiger partial charge in [0.1, 0.15) is 13.2 Å². The van der Waals surface area contributed by atoms with Gasteiger partial charge in [0.2, 0.25) is 0 Å². The number of carbonyl (C=O) groups is 3. The predicted octanol–water partition coefficient (Wildman–Crippen LogP) is 24.0. The third kappa shape index (κ3) is 67.0. The molecule has 0 N–H and O–H groups in total. The molecule has 6 nitrogen and oxygen atoms in total. The van der Waals surface area contributed by atoms with Crippen molar-refractivity contribution >= 4 is 17.9 Å². The smallest absolute Gasteiger partial charge is 0.306 e. The van der Waals surface area contributed by atoms with Gasteiger partial charge in [-0.25, -0.2) is 0 Å². The Labute approximate surface area is 502 Å². The van der Waals surface area contributed by atoms with E-state index < -0.39 is 6.10 Å². The van der Waals surface area contributed by atoms with Crippen molar-refractivity contribution in [2.75, 3.05) is 13.2 Å². The molecule has 81 heavy (non-hydrogen) atoms. The molecule has 1 atom stereocenters. The zero-order chi connectivity index (χ0) is 58.5. The molecule has 0 bridgehead atoms. The average Bonchev–Trinajstić information content (AvgIpc) is 3.47. The van der Waals surface area contributed by atoms with E-state index in [1.54, 1.807) is 0 Å². The summed E-state index contributed by atoms with van der Waals surface area (Å²) in [5.41, 5.74) is 0. The summed E-state index contributed by atoms with van der Waals surface area (Å²) in [6.07, 6.45) is 92.9. The first kappa shape index (κ1) is 77.3. The second kappa shape index (κ2) is 68.8. The molecule has 0 rings (SSSR count). The molecule has 466 valence electrons. The van der Waals surface area contributed by atoms with Crippen LogP contribution in [0.15, 0.2) is 97.2 Å². The molecule has 0 saturated carbocycles. The van der Waals surface area contributed by atoms with Crippen LogP contribution in [-0.4, -0.2) is 37.2 Å². The second-order valence-electron chi connectivity index (χ2n) is 23.1. The van der Waals surface area contributed by atoms with Crippen LogP contribution in [-0.2, 0) is 28.6 Å². The lowest BCUT2D eigenvalue weighted by molar-refractivity contribution is -0.167. The van der Waals surface area contributed by atoms with Crippen molar-refractivity contribution in [3.63, 3.8) is 0 Å². The van der Waals surface area contributed by atoms with Crippen LogP contribution in [0, 0.1) is 0 Å². The lowest BCUT2D eigenvalue weighted by Crippen LogP contribution is -2.30. The number of ether oxygens (including phenoxy) is 3. The molecule has 0 aromatic heterocycles. The summed E-state index contributed by atoms with van der Waals surface area (Å²) in [5.74, 6) is -0.939. The standard InChI is InChI=1S/C75H130O6/c1-4-7-10-13-16-19-22-25-28-31-33-34-35-36-37-38-39-40-42-44-47-50-53-56-59-62-65-68-74(77)80-71-72(70-79-73(76)67-64-61-58-55-52-49-46-43-30-27-24-21-18-15-12-9-6-3)81-75(78)69-66-63-60-57-54-51-48-45-41-32-29-26-23-20-17-14-11-8-5-2/h9,12,18,21-22,25,27,30-31,33,35-36,46,49,55,58,72H,4-8,10-11,13-17,19-20,23-24,26,28-29,32,34,37-45,47-48,50-54,56-57,59-71H2,1-3H3/b12-9-,21-18-,25-22-,30-27-,33-31-,36-35-,49-46-,58-55-. The van der Waals surface area contributed by atoms with Crippen molar-refractivity contribution in [1.29, 1.82) is 0 Å². The van der Waals surface area contributed by atoms with Crippen molar-refractivity contribution in [2.24, 2.45) is 0 Å². The Morgan fingerprint density at radius 3 is 0.802 bits per heavy atom. The molecule has 0 fully saturated rings. The van der Waals surface area contributed by atoms with Crippen molar-refractivity contribution in [1.82, 2.24) is 0 Å². The van der Waals surface area contributed by atoms with Gasteiger partial charge in [0, 0.05) is 19.3 Å². The van der Waals surface area contributed by atoms with Crippen LogP contribution < -0.4 is 0 Å². The van der Waals surface area contributed by atoms with E-state index >= 15 is 0 Å². The van der Waals surface area contributed by atoms with Crippen LogP contribution in [0.4, 0.5) is 0 Å². The first-order valence-corrected chi connectivity index (χ1v) is 34.7. The first-order chi connectivity index (χ1) is 40.0. The number of esters is 3. The Bertz CT molecular complexity index is 1580. The maximum atomic E-state index is 12.9. The number of unbranched alkanes of at least 4 members (excludes halogenated alkanes) is 36. The number of hydrogen-bond acceptors (Lipinski definition) is 6. The van der Waals surface area contributed by atoms with E-state index in [4.69, 9.17) is 14.2 Å². The summed E-state index contributed by atoms with van der Waals surface area (Å²) in [4.78, 5) is 38.4. The highest BCUT2D eigenvalue weighted by atomic mass is 16.6. The van der Waals surface area contributed by atoms with Crippen LogP contribution in [0.2, 0.25) is 0 Å². The highest BCUT2D eigenvalue weighted by Crippen LogP contribution is 2.17. The minimum absolute atomic E-state index is 0.0935. The number of carbonyl (C=O) groups excluding carboxylic acids is 3. The van der Waals surface area contributed by atoms with Crippen molar-refractivity contribution in [3.8, 4) is 0 Å². The molecule has 0 aromatic rings. The van der Waals surface area contributed by atoms with Gasteiger partial charge in [0.15, 0.2) is 6.10 Å². The van der Waals surface area contributed by atoms with Crippen LogP contribution in [0.1, 0.15) is 342 Å². The fourth-order valence-corrected chi connectivity index (χ4v) is 9.90. The first-order valence-electron chi connectivity index (χ1n) is 34.7. The van der Waals surface area contributed by atoms with Gasteiger partial charge in [-0.1, -0.05) is 323 Å². The van der Waals surface area contributed by atoms with E-state index in [0.717, 1.165) is 89.9 Å². The molecule has 6 heteroatoms. The Hall–Kier alpha value is -3.67. The van der Waals surface area contributed by atoms with E-state index in [1.807, 2.05) is 0 Å². The van der Waals surface area contributed by atoms with Gasteiger partial charge in [0.05, 0.1) is 0 Å². The number of allylic oxidation sites excluding steroid dienone is 16. The zero-order valence-electron chi connectivity index (χ0n) is 53.5. The topological polar surface area (TPSA) is 78.9 Å². The Balaban J connectivity index is 4.37. The molecule has 0 amide bonds. The molecule has 0 aromatic carbocycles. The zero-order valence-corrected chi connectivity index (χ0v) is 53.5. The summed E-state index contributed by atoms with van der Waals surface area (Å²) in [7, 11) is 0. The largest absolute Gasteiger partial charge is 0.462 e. The van der Waals surface area contributed by atoms with Gasteiger partial charge in [-0.3, -0.25) is 14.4 Å². The monoisotopic (exact) mass is 1130 g/mol. The fraction of sp³-hybridized carbons (Fsp3) is 0.747.